The Morgan fingerprint density at radius 2 is 2.14 bits per heavy atom. The maximum atomic E-state index is 11.5. The van der Waals surface area contributed by atoms with Crippen LogP contribution in [0, 0.1) is 6.92 Å². The molecule has 1 aromatic carbocycles. The van der Waals surface area contributed by atoms with Crippen molar-refractivity contribution in [3.63, 3.8) is 0 Å². The van der Waals surface area contributed by atoms with E-state index in [4.69, 9.17) is 5.73 Å². The van der Waals surface area contributed by atoms with Crippen molar-refractivity contribution >= 4 is 28.3 Å². The lowest BCUT2D eigenvalue weighted by Crippen LogP contribution is -2.15. The Labute approximate surface area is 121 Å². The molecule has 0 fully saturated rings. The second-order valence-electron chi connectivity index (χ2n) is 4.83. The van der Waals surface area contributed by atoms with Crippen LogP contribution >= 0.6 is 0 Å². The summed E-state index contributed by atoms with van der Waals surface area (Å²) in [5.41, 5.74) is 7.60. The van der Waals surface area contributed by atoms with Crippen LogP contribution in [0.3, 0.4) is 0 Å². The number of fused-ring (bicyclic) bond motifs is 1. The number of nitrogens with zero attached hydrogens (tertiary/aromatic N) is 3. The van der Waals surface area contributed by atoms with Crippen LogP contribution in [0.15, 0.2) is 36.7 Å². The van der Waals surface area contributed by atoms with Gasteiger partial charge in [-0.2, -0.15) is 0 Å². The van der Waals surface area contributed by atoms with Gasteiger partial charge in [0.05, 0.1) is 0 Å². The summed E-state index contributed by atoms with van der Waals surface area (Å²) in [6.45, 7) is 1.76. The normalized spacial score (nSPS) is 10.8. The molecule has 0 atom stereocenters. The number of rotatable bonds is 3. The Balaban J connectivity index is 2.10. The maximum Gasteiger partial charge on any atom is 0.254 e. The highest BCUT2D eigenvalue weighted by molar-refractivity contribution is 6.00. The Morgan fingerprint density at radius 3 is 2.90 bits per heavy atom. The molecule has 0 spiro atoms. The molecule has 0 saturated heterocycles. The predicted molar refractivity (Wildman–Crippen MR) is 81.5 cm³/mol. The molecule has 0 bridgehead atoms. The predicted octanol–water partition coefficient (Wildman–Crippen LogP) is 2.12. The minimum absolute atomic E-state index is 0.272. The van der Waals surface area contributed by atoms with Crippen molar-refractivity contribution < 1.29 is 4.79 Å². The highest BCUT2D eigenvalue weighted by Gasteiger charge is 2.12. The number of benzene rings is 1. The molecular weight excluding hydrogens is 266 g/mol. The van der Waals surface area contributed by atoms with Crippen molar-refractivity contribution in [2.24, 2.45) is 12.8 Å². The molecule has 1 amide bonds. The van der Waals surface area contributed by atoms with Crippen LogP contribution in [0.2, 0.25) is 0 Å². The van der Waals surface area contributed by atoms with E-state index in [-0.39, 0.29) is 5.56 Å². The Morgan fingerprint density at radius 1 is 1.33 bits per heavy atom. The number of primary amides is 1. The summed E-state index contributed by atoms with van der Waals surface area (Å²) in [6.07, 6.45) is 3.42. The molecule has 0 unspecified atom stereocenters. The van der Waals surface area contributed by atoms with E-state index in [1.54, 1.807) is 6.92 Å². The number of nitrogens with one attached hydrogen (secondary N) is 1. The highest BCUT2D eigenvalue weighted by Crippen LogP contribution is 2.27. The monoisotopic (exact) mass is 281 g/mol. The number of aromatic nitrogens is 3. The standard InChI is InChI=1S/C15H15N5O/c1-9-17-8-11(14(16)21)15(18-9)19-12-4-3-5-13-10(12)6-7-20(13)2/h3-8H,1-2H3,(H2,16,21)(H,17,18,19). The third-order valence-corrected chi connectivity index (χ3v) is 3.36. The van der Waals surface area contributed by atoms with Crippen LogP contribution in [-0.4, -0.2) is 20.4 Å². The average Bonchev–Trinajstić information content (AvgIpc) is 2.82. The van der Waals surface area contributed by atoms with Gasteiger partial charge in [0.1, 0.15) is 17.2 Å². The van der Waals surface area contributed by atoms with Crippen molar-refractivity contribution in [2.45, 2.75) is 6.92 Å². The first-order valence-corrected chi connectivity index (χ1v) is 6.51. The van der Waals surface area contributed by atoms with E-state index in [9.17, 15) is 4.79 Å². The van der Waals surface area contributed by atoms with E-state index in [0.717, 1.165) is 16.6 Å². The molecule has 2 aromatic heterocycles. The molecule has 0 radical (unpaired) electrons. The molecule has 106 valence electrons. The summed E-state index contributed by atoms with van der Waals surface area (Å²) < 4.78 is 2.03. The minimum Gasteiger partial charge on any atom is -0.365 e. The molecular formula is C15H15N5O. The van der Waals surface area contributed by atoms with Crippen molar-refractivity contribution in [3.05, 3.63) is 48.0 Å². The number of hydrogen-bond acceptors (Lipinski definition) is 4. The highest BCUT2D eigenvalue weighted by atomic mass is 16.1. The Kier molecular flexibility index (Phi) is 3.06. The van der Waals surface area contributed by atoms with Gasteiger partial charge in [0.15, 0.2) is 0 Å². The molecule has 21 heavy (non-hydrogen) atoms. The van der Waals surface area contributed by atoms with E-state index in [2.05, 4.69) is 15.3 Å². The fraction of sp³-hybridized carbons (Fsp3) is 0.133. The van der Waals surface area contributed by atoms with Crippen molar-refractivity contribution in [2.75, 3.05) is 5.32 Å². The van der Waals surface area contributed by atoms with Crippen LogP contribution in [0.1, 0.15) is 16.2 Å². The molecule has 3 rings (SSSR count). The molecule has 0 aliphatic heterocycles. The molecule has 2 heterocycles. The molecule has 3 aromatic rings. The van der Waals surface area contributed by atoms with E-state index < -0.39 is 5.91 Å². The number of anilines is 2. The number of amides is 1. The third kappa shape index (κ3) is 2.31. The summed E-state index contributed by atoms with van der Waals surface area (Å²) in [7, 11) is 1.98. The fourth-order valence-electron chi connectivity index (χ4n) is 2.28. The minimum atomic E-state index is -0.558. The topological polar surface area (TPSA) is 85.8 Å². The third-order valence-electron chi connectivity index (χ3n) is 3.36. The summed E-state index contributed by atoms with van der Waals surface area (Å²) in [6, 6.07) is 7.92. The van der Waals surface area contributed by atoms with Crippen LogP contribution in [0.5, 0.6) is 0 Å². The van der Waals surface area contributed by atoms with E-state index >= 15 is 0 Å². The number of nitrogens with two attached hydrogens (primary N) is 1. The summed E-state index contributed by atoms with van der Waals surface area (Å²) in [5.74, 6) is 0.437. The van der Waals surface area contributed by atoms with Gasteiger partial charge in [-0.1, -0.05) is 6.07 Å². The van der Waals surface area contributed by atoms with Gasteiger partial charge < -0.3 is 15.6 Å². The Hall–Kier alpha value is -2.89. The molecule has 0 aliphatic carbocycles. The van der Waals surface area contributed by atoms with Gasteiger partial charge >= 0.3 is 0 Å². The van der Waals surface area contributed by atoms with E-state index in [0.29, 0.717) is 11.6 Å². The van der Waals surface area contributed by atoms with Gasteiger partial charge in [-0.15, -0.1) is 0 Å². The quantitative estimate of drug-likeness (QED) is 0.770. The number of hydrogen-bond donors (Lipinski definition) is 2. The van der Waals surface area contributed by atoms with Crippen molar-refractivity contribution in [1.29, 1.82) is 0 Å². The average molecular weight is 281 g/mol. The van der Waals surface area contributed by atoms with Crippen molar-refractivity contribution in [1.82, 2.24) is 14.5 Å². The van der Waals surface area contributed by atoms with E-state index in [1.807, 2.05) is 42.1 Å². The first-order valence-electron chi connectivity index (χ1n) is 6.51. The molecule has 3 N–H and O–H groups in total. The molecule has 6 heteroatoms. The van der Waals surface area contributed by atoms with Gasteiger partial charge in [0.2, 0.25) is 0 Å². The summed E-state index contributed by atoms with van der Waals surface area (Å²) in [4.78, 5) is 19.8. The largest absolute Gasteiger partial charge is 0.365 e. The molecule has 0 aliphatic rings. The number of aryl methyl sites for hydroxylation is 2. The summed E-state index contributed by atoms with van der Waals surface area (Å²) >= 11 is 0. The second kappa shape index (κ2) is 4.90. The van der Waals surface area contributed by atoms with Gasteiger partial charge in [-0.25, -0.2) is 9.97 Å². The smallest absolute Gasteiger partial charge is 0.254 e. The second-order valence-corrected chi connectivity index (χ2v) is 4.83. The van der Waals surface area contributed by atoms with Gasteiger partial charge in [-0.3, -0.25) is 4.79 Å². The van der Waals surface area contributed by atoms with Gasteiger partial charge in [0, 0.05) is 36.0 Å². The lowest BCUT2D eigenvalue weighted by molar-refractivity contribution is 0.100. The number of carbonyl (C=O) groups excluding carboxylic acids is 1. The SMILES string of the molecule is Cc1ncc(C(N)=O)c(Nc2cccc3c2ccn3C)n1. The zero-order valence-electron chi connectivity index (χ0n) is 11.8. The van der Waals surface area contributed by atoms with Crippen LogP contribution < -0.4 is 11.1 Å². The lowest BCUT2D eigenvalue weighted by Gasteiger charge is -2.10. The maximum absolute atomic E-state index is 11.5. The van der Waals surface area contributed by atoms with Gasteiger partial charge in [-0.05, 0) is 25.1 Å². The first-order chi connectivity index (χ1) is 10.1. The zero-order chi connectivity index (χ0) is 15.0. The molecule has 6 nitrogen and oxygen atoms in total. The Bertz CT molecular complexity index is 837. The van der Waals surface area contributed by atoms with Crippen LogP contribution in [-0.2, 0) is 7.05 Å². The van der Waals surface area contributed by atoms with Crippen LogP contribution in [0.25, 0.3) is 10.9 Å². The van der Waals surface area contributed by atoms with Gasteiger partial charge in [0.25, 0.3) is 5.91 Å². The van der Waals surface area contributed by atoms with Crippen molar-refractivity contribution in [3.8, 4) is 0 Å². The summed E-state index contributed by atoms with van der Waals surface area (Å²) in [5, 5.41) is 4.23. The lowest BCUT2D eigenvalue weighted by atomic mass is 10.2. The zero-order valence-corrected chi connectivity index (χ0v) is 11.8. The van der Waals surface area contributed by atoms with Crippen LogP contribution in [0.4, 0.5) is 11.5 Å². The fourth-order valence-corrected chi connectivity index (χ4v) is 2.28. The van der Waals surface area contributed by atoms with E-state index in [1.165, 1.54) is 6.20 Å². The molecule has 0 saturated carbocycles. The first kappa shape index (κ1) is 13.1. The number of carbonyl (C=O) groups is 1.